The van der Waals surface area contributed by atoms with E-state index in [1.165, 1.54) is 0 Å². The van der Waals surface area contributed by atoms with Crippen molar-refractivity contribution in [2.24, 2.45) is 5.92 Å². The van der Waals surface area contributed by atoms with Gasteiger partial charge in [-0.25, -0.2) is 4.79 Å². The second-order valence-corrected chi connectivity index (χ2v) is 8.16. The summed E-state index contributed by atoms with van der Waals surface area (Å²) in [6.07, 6.45) is 3.24. The van der Waals surface area contributed by atoms with Crippen LogP contribution in [0.5, 0.6) is 11.5 Å². The molecule has 7 heteroatoms. The first-order chi connectivity index (χ1) is 12.6. The molecule has 2 fully saturated rings. The van der Waals surface area contributed by atoms with Crippen LogP contribution in [0.3, 0.4) is 0 Å². The van der Waals surface area contributed by atoms with E-state index in [0.29, 0.717) is 25.2 Å². The molecule has 2 amide bonds. The molecular weight excluding hydrogens is 400 g/mol. The van der Waals surface area contributed by atoms with Crippen LogP contribution in [0, 0.1) is 5.92 Å². The highest BCUT2D eigenvalue weighted by molar-refractivity contribution is 9.10. The van der Waals surface area contributed by atoms with Crippen molar-refractivity contribution < 1.29 is 19.0 Å². The van der Waals surface area contributed by atoms with E-state index in [0.717, 1.165) is 60.6 Å². The third-order valence-corrected chi connectivity index (χ3v) is 5.88. The van der Waals surface area contributed by atoms with Crippen LogP contribution in [0.1, 0.15) is 37.8 Å². The van der Waals surface area contributed by atoms with Crippen LogP contribution < -0.4 is 14.8 Å². The highest BCUT2D eigenvalue weighted by Gasteiger charge is 2.35. The number of hydrogen-bond donors (Lipinski definition) is 1. The second kappa shape index (κ2) is 7.64. The maximum atomic E-state index is 12.9. The Bertz CT molecular complexity index is 674. The number of carbonyl (C=O) groups excluding carboxylic acids is 1. The number of fused-ring (bicyclic) bond motifs is 1. The van der Waals surface area contributed by atoms with Gasteiger partial charge in [-0.15, -0.1) is 0 Å². The van der Waals surface area contributed by atoms with Gasteiger partial charge >= 0.3 is 6.03 Å². The molecule has 0 bridgehead atoms. The fourth-order valence-electron chi connectivity index (χ4n) is 3.55. The summed E-state index contributed by atoms with van der Waals surface area (Å²) in [7, 11) is 0. The first kappa shape index (κ1) is 17.9. The molecule has 2 heterocycles. The van der Waals surface area contributed by atoms with Crippen LogP contribution in [-0.2, 0) is 4.74 Å². The molecule has 142 valence electrons. The molecule has 2 aliphatic heterocycles. The molecule has 0 radical (unpaired) electrons. The Labute approximate surface area is 162 Å². The van der Waals surface area contributed by atoms with Gasteiger partial charge in [-0.1, -0.05) is 15.9 Å². The van der Waals surface area contributed by atoms with Crippen molar-refractivity contribution in [3.8, 4) is 11.5 Å². The number of nitrogens with zero attached hydrogens (tertiary/aromatic N) is 1. The highest BCUT2D eigenvalue weighted by Crippen LogP contribution is 2.38. The molecule has 1 aliphatic carbocycles. The van der Waals surface area contributed by atoms with E-state index in [9.17, 15) is 4.79 Å². The second-order valence-electron chi connectivity index (χ2n) is 7.30. The van der Waals surface area contributed by atoms with Gasteiger partial charge in [0.15, 0.2) is 11.5 Å². The van der Waals surface area contributed by atoms with Crippen LogP contribution >= 0.6 is 15.9 Å². The molecule has 0 unspecified atom stereocenters. The first-order valence-electron chi connectivity index (χ1n) is 9.35. The molecule has 1 N–H and O–H groups in total. The minimum absolute atomic E-state index is 0.00805. The monoisotopic (exact) mass is 424 g/mol. The lowest BCUT2D eigenvalue weighted by molar-refractivity contribution is 0.160. The molecule has 0 aromatic heterocycles. The zero-order valence-corrected chi connectivity index (χ0v) is 16.6. The summed E-state index contributed by atoms with van der Waals surface area (Å²) in [5.74, 6) is 1.93. The fraction of sp³-hybridized carbons (Fsp3) is 0.632. The van der Waals surface area contributed by atoms with E-state index in [2.05, 4.69) is 21.2 Å². The smallest absolute Gasteiger partial charge is 0.318 e. The van der Waals surface area contributed by atoms with Gasteiger partial charge in [0, 0.05) is 29.6 Å². The van der Waals surface area contributed by atoms with E-state index in [1.54, 1.807) is 0 Å². The lowest BCUT2D eigenvalue weighted by Crippen LogP contribution is -2.44. The van der Waals surface area contributed by atoms with Gasteiger partial charge in [-0.2, -0.15) is 0 Å². The Morgan fingerprint density at radius 3 is 2.62 bits per heavy atom. The minimum Gasteiger partial charge on any atom is -0.486 e. The number of rotatable bonds is 5. The Morgan fingerprint density at radius 1 is 1.23 bits per heavy atom. The Balaban J connectivity index is 1.44. The molecular formula is C19H25BrN2O4. The van der Waals surface area contributed by atoms with Gasteiger partial charge in [0.2, 0.25) is 0 Å². The Morgan fingerprint density at radius 2 is 1.96 bits per heavy atom. The minimum atomic E-state index is -0.131. The van der Waals surface area contributed by atoms with Crippen LogP contribution in [0.2, 0.25) is 0 Å². The maximum absolute atomic E-state index is 12.9. The topological polar surface area (TPSA) is 60.0 Å². The molecule has 26 heavy (non-hydrogen) atoms. The zero-order chi connectivity index (χ0) is 18.1. The lowest BCUT2D eigenvalue weighted by atomic mass is 10.1. The zero-order valence-electron chi connectivity index (χ0n) is 15.0. The average Bonchev–Trinajstić information content (AvgIpc) is 3.34. The molecule has 0 spiro atoms. The van der Waals surface area contributed by atoms with Crippen molar-refractivity contribution >= 4 is 22.0 Å². The lowest BCUT2D eigenvalue weighted by Gasteiger charge is -2.28. The van der Waals surface area contributed by atoms with E-state index in [1.807, 2.05) is 24.0 Å². The third kappa shape index (κ3) is 3.93. The number of urea groups is 1. The summed E-state index contributed by atoms with van der Waals surface area (Å²) >= 11 is 3.60. The quantitative estimate of drug-likeness (QED) is 0.785. The van der Waals surface area contributed by atoms with Crippen molar-refractivity contribution in [3.63, 3.8) is 0 Å². The molecule has 3 aliphatic rings. The standard InChI is InChI=1S/C19H25BrN2O4/c1-12(15-8-17-18(9-16(15)20)26-7-6-25-17)21-19(23)22(14-2-3-14)10-13-4-5-24-11-13/h8-9,12-14H,2-7,10-11H2,1H3,(H,21,23)/t12-,13-/m0/s1. The van der Waals surface area contributed by atoms with Gasteiger partial charge in [0.1, 0.15) is 13.2 Å². The molecule has 1 aromatic carbocycles. The van der Waals surface area contributed by atoms with E-state index in [4.69, 9.17) is 14.2 Å². The molecule has 1 aromatic rings. The summed E-state index contributed by atoms with van der Waals surface area (Å²) < 4.78 is 17.7. The number of carbonyl (C=O) groups is 1. The number of nitrogens with one attached hydrogen (secondary N) is 1. The first-order valence-corrected chi connectivity index (χ1v) is 10.1. The van der Waals surface area contributed by atoms with Crippen molar-refractivity contribution in [1.82, 2.24) is 10.2 Å². The van der Waals surface area contributed by atoms with Gasteiger partial charge in [0.05, 0.1) is 12.6 Å². The van der Waals surface area contributed by atoms with Crippen molar-refractivity contribution in [2.45, 2.75) is 38.3 Å². The predicted octanol–water partition coefficient (Wildman–Crippen LogP) is 3.49. The van der Waals surface area contributed by atoms with E-state index in [-0.39, 0.29) is 12.1 Å². The SMILES string of the molecule is C[C@H](NC(=O)N(C[C@@H]1CCOC1)C1CC1)c1cc2c(cc1Br)OCCO2. The molecule has 2 atom stereocenters. The average molecular weight is 425 g/mol. The van der Waals surface area contributed by atoms with Gasteiger partial charge in [0.25, 0.3) is 0 Å². The number of halogens is 1. The Hall–Kier alpha value is -1.47. The number of amides is 2. The van der Waals surface area contributed by atoms with Crippen molar-refractivity contribution in [3.05, 3.63) is 22.2 Å². The van der Waals surface area contributed by atoms with E-state index >= 15 is 0 Å². The van der Waals surface area contributed by atoms with Crippen LogP contribution in [0.4, 0.5) is 4.79 Å². The number of benzene rings is 1. The van der Waals surface area contributed by atoms with Gasteiger partial charge in [-0.05, 0) is 43.9 Å². The molecule has 1 saturated heterocycles. The molecule has 6 nitrogen and oxygen atoms in total. The third-order valence-electron chi connectivity index (χ3n) is 5.20. The number of ether oxygens (including phenoxy) is 3. The predicted molar refractivity (Wildman–Crippen MR) is 101 cm³/mol. The normalized spacial score (nSPS) is 22.8. The van der Waals surface area contributed by atoms with Gasteiger partial charge in [-0.3, -0.25) is 0 Å². The summed E-state index contributed by atoms with van der Waals surface area (Å²) in [4.78, 5) is 14.9. The van der Waals surface area contributed by atoms with Crippen LogP contribution in [0.25, 0.3) is 0 Å². The highest BCUT2D eigenvalue weighted by atomic mass is 79.9. The fourth-order valence-corrected chi connectivity index (χ4v) is 4.21. The van der Waals surface area contributed by atoms with E-state index < -0.39 is 0 Å². The summed E-state index contributed by atoms with van der Waals surface area (Å²) in [6, 6.07) is 4.13. The molecule has 1 saturated carbocycles. The summed E-state index contributed by atoms with van der Waals surface area (Å²) in [6.45, 7) is 5.47. The van der Waals surface area contributed by atoms with Crippen molar-refractivity contribution in [1.29, 1.82) is 0 Å². The maximum Gasteiger partial charge on any atom is 0.318 e. The van der Waals surface area contributed by atoms with Crippen LogP contribution in [-0.4, -0.2) is 49.9 Å². The van der Waals surface area contributed by atoms with Gasteiger partial charge < -0.3 is 24.4 Å². The summed E-state index contributed by atoms with van der Waals surface area (Å²) in [5, 5.41) is 3.16. The Kier molecular flexibility index (Phi) is 5.27. The van der Waals surface area contributed by atoms with Crippen LogP contribution in [0.15, 0.2) is 16.6 Å². The number of hydrogen-bond acceptors (Lipinski definition) is 4. The largest absolute Gasteiger partial charge is 0.486 e. The molecule has 4 rings (SSSR count). The van der Waals surface area contributed by atoms with Crippen molar-refractivity contribution in [2.75, 3.05) is 33.0 Å². The summed E-state index contributed by atoms with van der Waals surface area (Å²) in [5.41, 5.74) is 0.988.